The van der Waals surface area contributed by atoms with Gasteiger partial charge in [0.2, 0.25) is 5.91 Å². The predicted octanol–water partition coefficient (Wildman–Crippen LogP) is 7.75. The SMILES string of the molecule is CN(C)C(=O)C(O)CSSCC(O)C(=O)N(C)C.CNC.COc1cc(CCC(=O)CCCC/C=C/C(C)C)ccc1OC(=O)OC(CSSCC(OC(=O)Oc1ccc(CNC(=O)CCCC/C=C/C(C)C)cc1OC)C(=O)N(C)C)C(=O)N(C)C.O=C(O)C(O)CSSCC(O)C(=O)O. The molecule has 0 spiro atoms. The van der Waals surface area contributed by atoms with E-state index < -0.39 is 72.7 Å². The van der Waals surface area contributed by atoms with E-state index in [4.69, 9.17) is 48.8 Å². The Hall–Kier alpha value is -6.08. The number of nitrogens with one attached hydrogen (secondary N) is 2. The number of aliphatic carboxylic acids is 2. The summed E-state index contributed by atoms with van der Waals surface area (Å²) < 4.78 is 32.7. The van der Waals surface area contributed by atoms with Crippen molar-refractivity contribution in [3.05, 3.63) is 71.8 Å². The molecule has 0 aliphatic carbocycles. The van der Waals surface area contributed by atoms with Crippen molar-refractivity contribution in [1.29, 1.82) is 0 Å². The summed E-state index contributed by atoms with van der Waals surface area (Å²) in [5.41, 5.74) is 1.55. The number of carboxylic acids is 2. The van der Waals surface area contributed by atoms with E-state index in [0.29, 0.717) is 37.5 Å². The monoisotopic (exact) mass is 1540 g/mol. The molecule has 28 nitrogen and oxygen atoms in total. The Balaban J connectivity index is 0. The number of Topliss-reactive ketones (excluding diaryl/α,β-unsaturated/α-hetero) is 1. The number of benzene rings is 2. The first kappa shape index (κ1) is 97.0. The molecule has 2 rings (SSSR count). The predicted molar refractivity (Wildman–Crippen MR) is 402 cm³/mol. The summed E-state index contributed by atoms with van der Waals surface area (Å²) in [6.45, 7) is 8.76. The van der Waals surface area contributed by atoms with E-state index in [-0.39, 0.29) is 87.6 Å². The Morgan fingerprint density at radius 1 is 0.465 bits per heavy atom. The van der Waals surface area contributed by atoms with Crippen LogP contribution < -0.4 is 29.6 Å². The molecule has 101 heavy (non-hydrogen) atoms. The number of ether oxygens (including phenoxy) is 6. The number of nitrogens with zero attached hydrogens (tertiary/aromatic N) is 4. The van der Waals surface area contributed by atoms with Crippen molar-refractivity contribution < 1.29 is 107 Å². The number of ketones is 1. The number of likely N-dealkylation sites (N-methyl/N-ethyl adjacent to an activating group) is 4. The molecule has 0 fully saturated rings. The van der Waals surface area contributed by atoms with Gasteiger partial charge in [0.1, 0.15) is 18.0 Å². The second-order valence-electron chi connectivity index (χ2n) is 23.4. The highest BCUT2D eigenvalue weighted by Crippen LogP contribution is 2.32. The summed E-state index contributed by atoms with van der Waals surface area (Å²) in [7, 11) is 25.7. The van der Waals surface area contributed by atoms with E-state index in [1.165, 1.54) is 89.7 Å². The Morgan fingerprint density at radius 3 is 1.17 bits per heavy atom. The minimum Gasteiger partial charge on any atom is -0.493 e. The van der Waals surface area contributed by atoms with Crippen LogP contribution in [0.25, 0.3) is 0 Å². The summed E-state index contributed by atoms with van der Waals surface area (Å²) in [6, 6.07) is 9.79. The lowest BCUT2D eigenvalue weighted by atomic mass is 10.0. The van der Waals surface area contributed by atoms with Crippen molar-refractivity contribution in [2.75, 3.05) is 119 Å². The minimum atomic E-state index is -1.46. The molecule has 6 unspecified atom stereocenters. The van der Waals surface area contributed by atoms with Crippen molar-refractivity contribution in [1.82, 2.24) is 30.2 Å². The van der Waals surface area contributed by atoms with E-state index >= 15 is 0 Å². The molecule has 0 saturated heterocycles. The number of rotatable bonds is 44. The zero-order valence-electron chi connectivity index (χ0n) is 60.9. The zero-order valence-corrected chi connectivity index (χ0v) is 65.8. The highest BCUT2D eigenvalue weighted by Gasteiger charge is 2.30. The van der Waals surface area contributed by atoms with E-state index in [9.17, 15) is 58.2 Å². The first-order chi connectivity index (χ1) is 47.6. The summed E-state index contributed by atoms with van der Waals surface area (Å²) in [6.07, 6.45) is 5.97. The van der Waals surface area contributed by atoms with Crippen molar-refractivity contribution in [2.45, 2.75) is 135 Å². The number of hydrogen-bond donors (Lipinski definition) is 8. The molecule has 34 heteroatoms. The molecule has 2 aromatic carbocycles. The maximum Gasteiger partial charge on any atom is 0.514 e. The highest BCUT2D eigenvalue weighted by molar-refractivity contribution is 8.77. The fraction of sp³-hybridized carbons (Fsp3) is 0.612. The number of amides is 5. The van der Waals surface area contributed by atoms with Gasteiger partial charge < -0.3 is 89.3 Å². The fourth-order valence-corrected chi connectivity index (χ4v) is 13.7. The highest BCUT2D eigenvalue weighted by atomic mass is 33.1. The first-order valence-electron chi connectivity index (χ1n) is 32.1. The quantitative estimate of drug-likeness (QED) is 0.0103. The van der Waals surface area contributed by atoms with Crippen LogP contribution in [0.2, 0.25) is 0 Å². The van der Waals surface area contributed by atoms with Crippen LogP contribution in [0.15, 0.2) is 60.7 Å². The van der Waals surface area contributed by atoms with Gasteiger partial charge in [0.05, 0.1) is 25.7 Å². The number of carbonyl (C=O) groups is 10. The lowest BCUT2D eigenvalue weighted by Crippen LogP contribution is -2.40. The maximum atomic E-state index is 13.1. The third kappa shape index (κ3) is 47.7. The van der Waals surface area contributed by atoms with Crippen LogP contribution in [-0.2, 0) is 60.8 Å². The van der Waals surface area contributed by atoms with E-state index in [1.807, 2.05) is 14.1 Å². The molecule has 0 aromatic heterocycles. The number of aryl methyl sites for hydroxylation is 1. The third-order valence-corrected chi connectivity index (χ3v) is 19.8. The first-order valence-corrected chi connectivity index (χ1v) is 39.6. The second-order valence-corrected chi connectivity index (χ2v) is 31.1. The van der Waals surface area contributed by atoms with Crippen LogP contribution in [0, 0.1) is 11.8 Å². The van der Waals surface area contributed by atoms with Gasteiger partial charge in [-0.1, -0.05) is 129 Å². The summed E-state index contributed by atoms with van der Waals surface area (Å²) >= 11 is 0. The van der Waals surface area contributed by atoms with Crippen LogP contribution in [0.5, 0.6) is 23.0 Å². The van der Waals surface area contributed by atoms with Crippen LogP contribution in [0.4, 0.5) is 9.59 Å². The summed E-state index contributed by atoms with van der Waals surface area (Å²) in [5, 5.41) is 58.7. The standard InChI is InChI=1S/C49H71N3O12S2.C10H20N2O4S2.C6H10O6S2.C2H7N/c1-34(2)19-15-11-13-17-21-38(53)26-23-36-24-27-39(41(29-36)59-9)61-48(57)63-43(46(55)51(5)6)32-65-66-33-44(47(56)52(7)8)64-49(58)62-40-28-25-37(30-42(40)60-10)31-50-45(54)22-18-14-12-16-20-35(3)4;1-11(2)9(15)7(13)5-17-18-6-8(14)10(16)12(3)4;7-3(5(9)10)1-13-14-2-4(8)6(11)12;1-3-2/h15-16,19-20,24-25,27-30,34-35,43-44H,11-14,17-18,21-23,26,31-33H2,1-10H3,(H,50,54);7-8,13-14H,5-6H2,1-4H3;3-4,7-8H,1-2H2,(H,9,10)(H,11,12);3H,1-2H3/b19-15+,20-16+;;;. The molecule has 0 radical (unpaired) electrons. The smallest absolute Gasteiger partial charge is 0.493 e. The number of aliphatic hydroxyl groups is 4. The Labute approximate surface area is 618 Å². The number of carbonyl (C=O) groups excluding carboxylic acids is 8. The average Bonchev–Trinajstić information content (AvgIpc) is 0.857. The van der Waals surface area contributed by atoms with Crippen LogP contribution in [0.3, 0.4) is 0 Å². The van der Waals surface area contributed by atoms with Gasteiger partial charge in [0.15, 0.2) is 47.4 Å². The lowest BCUT2D eigenvalue weighted by Gasteiger charge is -2.22. The van der Waals surface area contributed by atoms with Crippen molar-refractivity contribution in [3.63, 3.8) is 0 Å². The van der Waals surface area contributed by atoms with E-state index in [0.717, 1.165) is 92.8 Å². The van der Waals surface area contributed by atoms with Crippen LogP contribution in [-0.4, -0.2) is 266 Å². The molecule has 0 saturated carbocycles. The van der Waals surface area contributed by atoms with Gasteiger partial charge in [-0.25, -0.2) is 19.2 Å². The number of unbranched alkanes of at least 4 members (excludes halogenated alkanes) is 4. The molecule has 2 aromatic rings. The molecule has 0 bridgehead atoms. The van der Waals surface area contributed by atoms with Crippen molar-refractivity contribution in [3.8, 4) is 23.0 Å². The number of carboxylic acid groups (broad SMARTS) is 2. The molecule has 574 valence electrons. The fourth-order valence-electron chi connectivity index (χ4n) is 7.32. The van der Waals surface area contributed by atoms with Gasteiger partial charge in [-0.15, -0.1) is 0 Å². The second kappa shape index (κ2) is 57.3. The molecular weight excluding hydrogens is 1430 g/mol. The average molecular weight is 1540 g/mol. The van der Waals surface area contributed by atoms with E-state index in [2.05, 4.69) is 62.6 Å². The Bertz CT molecular complexity index is 2670. The topological polar surface area (TPSA) is 384 Å². The Kier molecular flexibility index (Phi) is 55.1. The van der Waals surface area contributed by atoms with Crippen molar-refractivity contribution >= 4 is 124 Å². The normalized spacial score (nSPS) is 12.7. The van der Waals surface area contributed by atoms with Gasteiger partial charge in [-0.2, -0.15) is 0 Å². The number of hydrogen-bond acceptors (Lipinski definition) is 27. The molecular formula is C67H108N6O22S6. The zero-order chi connectivity index (χ0) is 77.2. The molecule has 6 atom stereocenters. The Morgan fingerprint density at radius 2 is 0.812 bits per heavy atom. The summed E-state index contributed by atoms with van der Waals surface area (Å²) in [5.74, 6) is -2.38. The summed E-state index contributed by atoms with van der Waals surface area (Å²) in [4.78, 5) is 125. The molecule has 0 aliphatic rings. The van der Waals surface area contributed by atoms with Gasteiger partial charge in [-0.05, 0) is 106 Å². The maximum absolute atomic E-state index is 13.1. The molecule has 8 N–H and O–H groups in total. The molecule has 0 heterocycles. The number of aliphatic hydroxyl groups excluding tert-OH is 4. The van der Waals surface area contributed by atoms with Crippen LogP contribution in [0.1, 0.15) is 96.6 Å². The van der Waals surface area contributed by atoms with Crippen LogP contribution >= 0.6 is 64.8 Å². The minimum absolute atomic E-state index is 0.0388. The third-order valence-electron chi connectivity index (χ3n) is 12.7. The molecule has 5 amide bonds. The number of allylic oxidation sites excluding steroid dienone is 4. The number of methoxy groups -OCH3 is 2. The van der Waals surface area contributed by atoms with Gasteiger partial charge >= 0.3 is 24.2 Å². The van der Waals surface area contributed by atoms with Gasteiger partial charge in [0, 0.05) is 105 Å². The largest absolute Gasteiger partial charge is 0.514 e. The molecule has 0 aliphatic heterocycles. The van der Waals surface area contributed by atoms with E-state index in [1.54, 1.807) is 58.5 Å². The van der Waals surface area contributed by atoms with Gasteiger partial charge in [0.25, 0.3) is 23.6 Å². The lowest BCUT2D eigenvalue weighted by molar-refractivity contribution is -0.146. The van der Waals surface area contributed by atoms with Crippen molar-refractivity contribution in [2.24, 2.45) is 11.8 Å². The van der Waals surface area contributed by atoms with Gasteiger partial charge in [-0.3, -0.25) is 28.8 Å².